The zero-order valence-electron chi connectivity index (χ0n) is 12.2. The van der Waals surface area contributed by atoms with Crippen LogP contribution in [-0.4, -0.2) is 51.2 Å². The van der Waals surface area contributed by atoms with E-state index in [9.17, 15) is 4.79 Å². The maximum Gasteiger partial charge on any atom is 0.291 e. The molecule has 3 rings (SSSR count). The van der Waals surface area contributed by atoms with Crippen LogP contribution in [0, 0.1) is 0 Å². The summed E-state index contributed by atoms with van der Waals surface area (Å²) in [5, 5.41) is 9.88. The Labute approximate surface area is 119 Å². The Kier molecular flexibility index (Phi) is 3.74. The molecule has 20 heavy (non-hydrogen) atoms. The second kappa shape index (κ2) is 5.52. The zero-order valence-corrected chi connectivity index (χ0v) is 12.2. The highest BCUT2D eigenvalue weighted by molar-refractivity contribution is 5.90. The number of fused-ring (bicyclic) bond motifs is 2. The van der Waals surface area contributed by atoms with Gasteiger partial charge >= 0.3 is 0 Å². The normalized spacial score (nSPS) is 30.2. The van der Waals surface area contributed by atoms with Gasteiger partial charge in [0.2, 0.25) is 5.82 Å². The molecule has 2 bridgehead atoms. The predicted octanol–water partition coefficient (Wildman–Crippen LogP) is 1.11. The SMILES string of the molecule is CCc1nc(C(=O)NC2CC3CCCC(C2)N3C)n[nH]1. The Morgan fingerprint density at radius 1 is 1.40 bits per heavy atom. The average molecular weight is 277 g/mol. The van der Waals surface area contributed by atoms with Crippen molar-refractivity contribution in [3.63, 3.8) is 0 Å². The standard InChI is InChI=1S/C14H23N5O/c1-3-12-16-13(18-17-12)14(20)15-9-7-10-5-4-6-11(8-9)19(10)2/h9-11H,3-8H2,1-2H3,(H,15,20)(H,16,17,18). The highest BCUT2D eigenvalue weighted by Gasteiger charge is 2.36. The molecule has 6 heteroatoms. The van der Waals surface area contributed by atoms with E-state index in [4.69, 9.17) is 0 Å². The minimum absolute atomic E-state index is 0.145. The Morgan fingerprint density at radius 3 is 2.70 bits per heavy atom. The Morgan fingerprint density at radius 2 is 2.10 bits per heavy atom. The molecule has 2 aliphatic heterocycles. The summed E-state index contributed by atoms with van der Waals surface area (Å²) in [6.45, 7) is 1.99. The van der Waals surface area contributed by atoms with Gasteiger partial charge in [0.05, 0.1) is 0 Å². The molecule has 6 nitrogen and oxygen atoms in total. The summed E-state index contributed by atoms with van der Waals surface area (Å²) in [6.07, 6.45) is 6.67. The number of aromatic nitrogens is 3. The molecule has 2 aliphatic rings. The first-order valence-electron chi connectivity index (χ1n) is 7.61. The van der Waals surface area contributed by atoms with Crippen LogP contribution in [0.1, 0.15) is 55.5 Å². The van der Waals surface area contributed by atoms with Crippen molar-refractivity contribution in [3.05, 3.63) is 11.6 Å². The van der Waals surface area contributed by atoms with Gasteiger partial charge in [-0.25, -0.2) is 4.98 Å². The Bertz CT molecular complexity index is 472. The Balaban J connectivity index is 1.62. The minimum atomic E-state index is -0.145. The van der Waals surface area contributed by atoms with E-state index in [1.807, 2.05) is 6.92 Å². The second-order valence-electron chi connectivity index (χ2n) is 6.01. The van der Waals surface area contributed by atoms with E-state index < -0.39 is 0 Å². The van der Waals surface area contributed by atoms with E-state index in [-0.39, 0.29) is 17.8 Å². The van der Waals surface area contributed by atoms with E-state index in [1.165, 1.54) is 19.3 Å². The number of nitrogens with zero attached hydrogens (tertiary/aromatic N) is 3. The number of hydrogen-bond acceptors (Lipinski definition) is 4. The maximum atomic E-state index is 12.2. The lowest BCUT2D eigenvalue weighted by atomic mass is 9.82. The van der Waals surface area contributed by atoms with Crippen LogP contribution in [0.3, 0.4) is 0 Å². The number of amides is 1. The summed E-state index contributed by atoms with van der Waals surface area (Å²) >= 11 is 0. The molecule has 1 aromatic heterocycles. The molecular weight excluding hydrogens is 254 g/mol. The Hall–Kier alpha value is -1.43. The predicted molar refractivity (Wildman–Crippen MR) is 75.4 cm³/mol. The first kappa shape index (κ1) is 13.5. The zero-order chi connectivity index (χ0) is 14.1. The monoisotopic (exact) mass is 277 g/mol. The molecule has 2 saturated heterocycles. The summed E-state index contributed by atoms with van der Waals surface area (Å²) in [5.74, 6) is 0.884. The summed E-state index contributed by atoms with van der Waals surface area (Å²) in [4.78, 5) is 18.9. The number of aromatic amines is 1. The van der Waals surface area contributed by atoms with Crippen LogP contribution >= 0.6 is 0 Å². The fourth-order valence-corrected chi connectivity index (χ4v) is 3.54. The molecular formula is C14H23N5O. The number of nitrogens with one attached hydrogen (secondary N) is 2. The molecule has 0 aromatic carbocycles. The first-order valence-corrected chi connectivity index (χ1v) is 7.61. The third kappa shape index (κ3) is 2.57. The number of H-pyrrole nitrogens is 1. The molecule has 0 radical (unpaired) electrons. The fourth-order valence-electron chi connectivity index (χ4n) is 3.54. The molecule has 0 saturated carbocycles. The summed E-state index contributed by atoms with van der Waals surface area (Å²) in [6, 6.07) is 1.50. The van der Waals surface area contributed by atoms with Crippen molar-refractivity contribution in [2.24, 2.45) is 0 Å². The van der Waals surface area contributed by atoms with Crippen LogP contribution in [0.2, 0.25) is 0 Å². The van der Waals surface area contributed by atoms with Gasteiger partial charge in [-0.1, -0.05) is 13.3 Å². The number of piperidine rings is 2. The number of carbonyl (C=O) groups is 1. The third-order valence-corrected chi connectivity index (χ3v) is 4.74. The average Bonchev–Trinajstić information content (AvgIpc) is 2.89. The number of hydrogen-bond donors (Lipinski definition) is 2. The molecule has 2 atom stereocenters. The fraction of sp³-hybridized carbons (Fsp3) is 0.786. The van der Waals surface area contributed by atoms with Crippen molar-refractivity contribution in [2.75, 3.05) is 7.05 Å². The van der Waals surface area contributed by atoms with Gasteiger partial charge < -0.3 is 10.2 Å². The number of rotatable bonds is 3. The van der Waals surface area contributed by atoms with E-state index in [1.54, 1.807) is 0 Å². The van der Waals surface area contributed by atoms with Crippen LogP contribution in [0.4, 0.5) is 0 Å². The smallest absolute Gasteiger partial charge is 0.291 e. The van der Waals surface area contributed by atoms with Crippen LogP contribution < -0.4 is 5.32 Å². The van der Waals surface area contributed by atoms with Crippen LogP contribution in [0.15, 0.2) is 0 Å². The number of aryl methyl sites for hydroxylation is 1. The van der Waals surface area contributed by atoms with E-state index in [2.05, 4.69) is 32.4 Å². The molecule has 1 aromatic rings. The third-order valence-electron chi connectivity index (χ3n) is 4.74. The molecule has 110 valence electrons. The summed E-state index contributed by atoms with van der Waals surface area (Å²) in [5.41, 5.74) is 0. The largest absolute Gasteiger partial charge is 0.346 e. The topological polar surface area (TPSA) is 73.9 Å². The van der Waals surface area contributed by atoms with Gasteiger partial charge in [0.25, 0.3) is 5.91 Å². The van der Waals surface area contributed by atoms with Gasteiger partial charge in [-0.3, -0.25) is 9.89 Å². The molecule has 3 heterocycles. The molecule has 1 amide bonds. The highest BCUT2D eigenvalue weighted by atomic mass is 16.2. The second-order valence-corrected chi connectivity index (χ2v) is 6.01. The van der Waals surface area contributed by atoms with E-state index in [0.29, 0.717) is 12.1 Å². The van der Waals surface area contributed by atoms with E-state index in [0.717, 1.165) is 25.1 Å². The van der Waals surface area contributed by atoms with Crippen molar-refractivity contribution in [1.82, 2.24) is 25.4 Å². The molecule has 0 spiro atoms. The van der Waals surface area contributed by atoms with Crippen molar-refractivity contribution in [1.29, 1.82) is 0 Å². The van der Waals surface area contributed by atoms with Crippen LogP contribution in [0.5, 0.6) is 0 Å². The lowest BCUT2D eigenvalue weighted by molar-refractivity contribution is 0.0461. The number of carbonyl (C=O) groups excluding carboxylic acids is 1. The molecule has 2 unspecified atom stereocenters. The highest BCUT2D eigenvalue weighted by Crippen LogP contribution is 2.32. The quantitative estimate of drug-likeness (QED) is 0.868. The molecule has 2 fully saturated rings. The molecule has 0 aliphatic carbocycles. The maximum absolute atomic E-state index is 12.2. The van der Waals surface area contributed by atoms with Crippen molar-refractivity contribution in [3.8, 4) is 0 Å². The van der Waals surface area contributed by atoms with Crippen molar-refractivity contribution >= 4 is 5.91 Å². The lowest BCUT2D eigenvalue weighted by Crippen LogP contribution is -2.55. The first-order chi connectivity index (χ1) is 9.67. The van der Waals surface area contributed by atoms with Gasteiger partial charge in [-0.15, -0.1) is 5.10 Å². The summed E-state index contributed by atoms with van der Waals surface area (Å²) in [7, 11) is 2.22. The van der Waals surface area contributed by atoms with Crippen LogP contribution in [0.25, 0.3) is 0 Å². The van der Waals surface area contributed by atoms with Gasteiger partial charge in [0, 0.05) is 24.5 Å². The van der Waals surface area contributed by atoms with Crippen molar-refractivity contribution in [2.45, 2.75) is 63.6 Å². The molecule has 2 N–H and O–H groups in total. The van der Waals surface area contributed by atoms with Crippen LogP contribution in [-0.2, 0) is 6.42 Å². The minimum Gasteiger partial charge on any atom is -0.346 e. The van der Waals surface area contributed by atoms with Gasteiger partial charge in [0.1, 0.15) is 5.82 Å². The summed E-state index contributed by atoms with van der Waals surface area (Å²) < 4.78 is 0. The van der Waals surface area contributed by atoms with Gasteiger partial charge in [-0.2, -0.15) is 0 Å². The van der Waals surface area contributed by atoms with Gasteiger partial charge in [-0.05, 0) is 32.7 Å². The van der Waals surface area contributed by atoms with E-state index >= 15 is 0 Å². The van der Waals surface area contributed by atoms with Gasteiger partial charge in [0.15, 0.2) is 0 Å². The lowest BCUT2D eigenvalue weighted by Gasteiger charge is -2.47. The van der Waals surface area contributed by atoms with Crippen molar-refractivity contribution < 1.29 is 4.79 Å².